The smallest absolute Gasteiger partial charge is 0.207 e. The van der Waals surface area contributed by atoms with Crippen LogP contribution >= 0.6 is 23.2 Å². The third-order valence-electron chi connectivity index (χ3n) is 4.13. The van der Waals surface area contributed by atoms with Crippen LogP contribution in [0.4, 0.5) is 4.39 Å². The summed E-state index contributed by atoms with van der Waals surface area (Å²) in [5, 5.41) is 0.759. The second-order valence-electron chi connectivity index (χ2n) is 5.86. The van der Waals surface area contributed by atoms with Gasteiger partial charge in [0.25, 0.3) is 10.2 Å². The van der Waals surface area contributed by atoms with Crippen molar-refractivity contribution < 1.29 is 12.8 Å². The highest BCUT2D eigenvalue weighted by atomic mass is 35.5. The normalized spacial score (nSPS) is 18.4. The fourth-order valence-corrected chi connectivity index (χ4v) is 4.87. The Kier molecular flexibility index (Phi) is 5.65. The lowest BCUT2D eigenvalue weighted by atomic mass is 10.2. The molecule has 2 aromatic carbocycles. The lowest BCUT2D eigenvalue weighted by Gasteiger charge is -2.35. The van der Waals surface area contributed by atoms with Gasteiger partial charge in [-0.05, 0) is 35.7 Å². The molecule has 1 aliphatic rings. The minimum atomic E-state index is -3.65. The van der Waals surface area contributed by atoms with Crippen molar-refractivity contribution in [3.05, 3.63) is 69.5 Å². The Morgan fingerprint density at radius 3 is 2.12 bits per heavy atom. The Balaban J connectivity index is 1.81. The molecule has 0 spiro atoms. The molecule has 1 aliphatic heterocycles. The van der Waals surface area contributed by atoms with Crippen molar-refractivity contribution in [2.75, 3.05) is 13.1 Å². The average molecular weight is 403 g/mol. The van der Waals surface area contributed by atoms with E-state index in [-0.39, 0.29) is 18.1 Å². The van der Waals surface area contributed by atoms with Crippen LogP contribution in [0.5, 0.6) is 0 Å². The number of hydrogen-bond donors (Lipinski definition) is 0. The van der Waals surface area contributed by atoms with Gasteiger partial charge in [0.2, 0.25) is 0 Å². The highest BCUT2D eigenvalue weighted by molar-refractivity contribution is 7.86. The summed E-state index contributed by atoms with van der Waals surface area (Å²) in [6, 6.07) is 11.2. The Morgan fingerprint density at radius 1 is 0.920 bits per heavy atom. The van der Waals surface area contributed by atoms with E-state index < -0.39 is 16.0 Å². The van der Waals surface area contributed by atoms with Gasteiger partial charge in [-0.25, -0.2) is 4.39 Å². The van der Waals surface area contributed by atoms with E-state index in [2.05, 4.69) is 0 Å². The van der Waals surface area contributed by atoms with Gasteiger partial charge in [0.15, 0.2) is 0 Å². The quantitative estimate of drug-likeness (QED) is 0.772. The monoisotopic (exact) mass is 402 g/mol. The molecule has 3 rings (SSSR count). The average Bonchev–Trinajstić information content (AvgIpc) is 2.55. The lowest BCUT2D eigenvalue weighted by molar-refractivity contribution is 0.276. The first-order valence-electron chi connectivity index (χ1n) is 7.80. The van der Waals surface area contributed by atoms with Gasteiger partial charge in [-0.3, -0.25) is 0 Å². The molecule has 0 amide bonds. The fraction of sp³-hybridized carbons (Fsp3) is 0.294. The van der Waals surface area contributed by atoms with Gasteiger partial charge < -0.3 is 0 Å². The molecule has 2 aromatic rings. The predicted molar refractivity (Wildman–Crippen MR) is 97.2 cm³/mol. The van der Waals surface area contributed by atoms with Gasteiger partial charge in [0.1, 0.15) is 5.82 Å². The van der Waals surface area contributed by atoms with Crippen molar-refractivity contribution in [3.63, 3.8) is 0 Å². The van der Waals surface area contributed by atoms with Crippen LogP contribution in [0.1, 0.15) is 17.5 Å². The van der Waals surface area contributed by atoms with E-state index in [9.17, 15) is 12.8 Å². The van der Waals surface area contributed by atoms with Crippen LogP contribution in [-0.2, 0) is 23.3 Å². The number of benzene rings is 2. The topological polar surface area (TPSA) is 40.6 Å². The molecule has 0 aliphatic carbocycles. The van der Waals surface area contributed by atoms with Crippen LogP contribution < -0.4 is 0 Å². The van der Waals surface area contributed by atoms with Crippen molar-refractivity contribution in [2.24, 2.45) is 0 Å². The van der Waals surface area contributed by atoms with Crippen LogP contribution in [0.3, 0.4) is 0 Å². The predicted octanol–water partition coefficient (Wildman–Crippen LogP) is 4.09. The first kappa shape index (κ1) is 18.6. The molecular weight excluding hydrogens is 386 g/mol. The maximum atomic E-state index is 13.2. The molecule has 1 heterocycles. The summed E-state index contributed by atoms with van der Waals surface area (Å²) in [7, 11) is -3.65. The van der Waals surface area contributed by atoms with Crippen LogP contribution in [0.25, 0.3) is 0 Å². The second-order valence-corrected chi connectivity index (χ2v) is 8.60. The van der Waals surface area contributed by atoms with Gasteiger partial charge >= 0.3 is 0 Å². The third kappa shape index (κ3) is 4.15. The number of hydrogen-bond acceptors (Lipinski definition) is 2. The van der Waals surface area contributed by atoms with E-state index in [1.807, 2.05) is 12.1 Å². The van der Waals surface area contributed by atoms with Gasteiger partial charge in [-0.1, -0.05) is 47.5 Å². The molecule has 0 bridgehead atoms. The summed E-state index contributed by atoms with van der Waals surface area (Å²) in [6.45, 7) is 1.16. The van der Waals surface area contributed by atoms with E-state index in [1.54, 1.807) is 12.1 Å². The van der Waals surface area contributed by atoms with Crippen LogP contribution in [0.2, 0.25) is 10.0 Å². The molecule has 0 atom stereocenters. The Morgan fingerprint density at radius 2 is 1.52 bits per heavy atom. The van der Waals surface area contributed by atoms with Gasteiger partial charge in [-0.2, -0.15) is 17.0 Å². The first-order valence-corrected chi connectivity index (χ1v) is 9.96. The zero-order valence-corrected chi connectivity index (χ0v) is 15.7. The van der Waals surface area contributed by atoms with Crippen molar-refractivity contribution in [2.45, 2.75) is 19.5 Å². The minimum Gasteiger partial charge on any atom is -0.207 e. The maximum Gasteiger partial charge on any atom is 0.282 e. The lowest BCUT2D eigenvalue weighted by Crippen LogP contribution is -2.48. The van der Waals surface area contributed by atoms with E-state index in [4.69, 9.17) is 23.2 Å². The zero-order valence-electron chi connectivity index (χ0n) is 13.3. The molecule has 0 saturated carbocycles. The largest absolute Gasteiger partial charge is 0.282 e. The molecule has 8 heteroatoms. The molecule has 0 unspecified atom stereocenters. The summed E-state index contributed by atoms with van der Waals surface area (Å²) < 4.78 is 41.8. The summed E-state index contributed by atoms with van der Waals surface area (Å²) in [5.74, 6) is -0.449. The summed E-state index contributed by atoms with van der Waals surface area (Å²) in [6.07, 6.45) is 0.697. The van der Waals surface area contributed by atoms with Crippen LogP contribution in [0, 0.1) is 5.82 Å². The standard InChI is InChI=1S/C17H17Cl2FN2O2S/c18-16-5-2-1-4-13(16)11-21-8-3-9-22(25(21,23)24)12-14-6-7-15(20)10-17(14)19/h1-2,4-7,10H,3,8-9,11-12H2. The van der Waals surface area contributed by atoms with E-state index in [0.717, 1.165) is 5.56 Å². The molecule has 134 valence electrons. The van der Waals surface area contributed by atoms with Crippen molar-refractivity contribution in [1.29, 1.82) is 0 Å². The third-order valence-corrected chi connectivity index (χ3v) is 6.78. The van der Waals surface area contributed by atoms with Gasteiger partial charge in [0, 0.05) is 36.2 Å². The van der Waals surface area contributed by atoms with E-state index >= 15 is 0 Å². The minimum absolute atomic E-state index is 0.112. The highest BCUT2D eigenvalue weighted by Gasteiger charge is 2.34. The molecule has 25 heavy (non-hydrogen) atoms. The van der Waals surface area contributed by atoms with Gasteiger partial charge in [-0.15, -0.1) is 0 Å². The molecule has 0 N–H and O–H groups in total. The van der Waals surface area contributed by atoms with Gasteiger partial charge in [0.05, 0.1) is 0 Å². The second kappa shape index (κ2) is 7.60. The molecular formula is C17H17Cl2FN2O2S. The maximum absolute atomic E-state index is 13.2. The summed E-state index contributed by atoms with van der Waals surface area (Å²) >= 11 is 12.2. The number of nitrogens with zero attached hydrogens (tertiary/aromatic N) is 2. The molecule has 0 aromatic heterocycles. The van der Waals surface area contributed by atoms with Crippen molar-refractivity contribution >= 4 is 33.4 Å². The Hall–Kier alpha value is -1.18. The Bertz CT molecular complexity index is 877. The van der Waals surface area contributed by atoms with Crippen molar-refractivity contribution in [1.82, 2.24) is 8.61 Å². The molecule has 0 radical (unpaired) electrons. The van der Waals surface area contributed by atoms with E-state index in [1.165, 1.54) is 26.8 Å². The number of rotatable bonds is 4. The van der Waals surface area contributed by atoms with Crippen molar-refractivity contribution in [3.8, 4) is 0 Å². The van der Waals surface area contributed by atoms with Crippen LogP contribution in [0.15, 0.2) is 42.5 Å². The number of halogens is 3. The highest BCUT2D eigenvalue weighted by Crippen LogP contribution is 2.26. The summed E-state index contributed by atoms with van der Waals surface area (Å²) in [4.78, 5) is 0. The van der Waals surface area contributed by atoms with E-state index in [0.29, 0.717) is 30.1 Å². The zero-order chi connectivity index (χ0) is 18.0. The Labute approximate surface area is 156 Å². The summed E-state index contributed by atoms with van der Waals surface area (Å²) in [5.41, 5.74) is 1.33. The molecule has 4 nitrogen and oxygen atoms in total. The van der Waals surface area contributed by atoms with Crippen LogP contribution in [-0.4, -0.2) is 30.1 Å². The molecule has 1 saturated heterocycles. The molecule has 1 fully saturated rings. The fourth-order valence-electron chi connectivity index (χ4n) is 2.80. The first-order chi connectivity index (χ1) is 11.9. The SMILES string of the molecule is O=S1(=O)N(Cc2ccccc2Cl)CCCN1Cc1ccc(F)cc1Cl.